The minimum absolute atomic E-state index is 0.00568. The van der Waals surface area contributed by atoms with E-state index >= 15 is 0 Å². The van der Waals surface area contributed by atoms with Crippen LogP contribution in [0.4, 0.5) is 0 Å². The molecule has 0 aromatic heterocycles. The van der Waals surface area contributed by atoms with Crippen molar-refractivity contribution >= 4 is 5.91 Å². The molecule has 0 spiro atoms. The molecule has 1 aliphatic rings. The van der Waals surface area contributed by atoms with Crippen molar-refractivity contribution in [2.75, 3.05) is 20.6 Å². The number of carbonyl (C=O) groups is 1. The second kappa shape index (κ2) is 6.40. The molecule has 110 valence electrons. The molecular formula is C17H26N2O. The van der Waals surface area contributed by atoms with Crippen LogP contribution in [0, 0.1) is 19.8 Å². The molecule has 1 N–H and O–H groups in total. The summed E-state index contributed by atoms with van der Waals surface area (Å²) in [6.07, 6.45) is 3.20. The average molecular weight is 274 g/mol. The standard InChI is InChI=1S/C17H26N2O/c1-12-5-6-13(2)15(9-12)10-14-7-8-18-16(11-14)17(20)19(3)4/h5-6,9,14,16,18H,7-8,10-11H2,1-4H3. The predicted molar refractivity (Wildman–Crippen MR) is 82.8 cm³/mol. The van der Waals surface area contributed by atoms with E-state index in [4.69, 9.17) is 0 Å². The van der Waals surface area contributed by atoms with Crippen LogP contribution >= 0.6 is 0 Å². The number of hydrogen-bond donors (Lipinski definition) is 1. The summed E-state index contributed by atoms with van der Waals surface area (Å²) in [5, 5.41) is 3.35. The van der Waals surface area contributed by atoms with Crippen LogP contribution in [-0.4, -0.2) is 37.5 Å². The maximum Gasteiger partial charge on any atom is 0.239 e. The van der Waals surface area contributed by atoms with E-state index in [1.807, 2.05) is 14.1 Å². The number of hydrogen-bond acceptors (Lipinski definition) is 2. The molecule has 0 radical (unpaired) electrons. The zero-order valence-electron chi connectivity index (χ0n) is 13.1. The third-order valence-corrected chi connectivity index (χ3v) is 4.26. The third kappa shape index (κ3) is 3.60. The van der Waals surface area contributed by atoms with Crippen LogP contribution in [0.25, 0.3) is 0 Å². The Bertz CT molecular complexity index is 482. The van der Waals surface area contributed by atoms with Crippen LogP contribution in [0.3, 0.4) is 0 Å². The fourth-order valence-electron chi connectivity index (χ4n) is 3.01. The molecular weight excluding hydrogens is 248 g/mol. The van der Waals surface area contributed by atoms with Crippen LogP contribution in [0.5, 0.6) is 0 Å². The van der Waals surface area contributed by atoms with Crippen molar-refractivity contribution in [3.63, 3.8) is 0 Å². The number of rotatable bonds is 3. The van der Waals surface area contributed by atoms with E-state index in [-0.39, 0.29) is 11.9 Å². The molecule has 1 heterocycles. The number of aryl methyl sites for hydroxylation is 2. The van der Waals surface area contributed by atoms with Gasteiger partial charge in [0.1, 0.15) is 0 Å². The number of nitrogens with one attached hydrogen (secondary N) is 1. The molecule has 2 unspecified atom stereocenters. The first kappa shape index (κ1) is 15.0. The van der Waals surface area contributed by atoms with Gasteiger partial charge < -0.3 is 10.2 Å². The van der Waals surface area contributed by atoms with Crippen LogP contribution in [0.1, 0.15) is 29.5 Å². The van der Waals surface area contributed by atoms with Crippen molar-refractivity contribution in [1.82, 2.24) is 10.2 Å². The van der Waals surface area contributed by atoms with Gasteiger partial charge in [-0.15, -0.1) is 0 Å². The summed E-state index contributed by atoms with van der Waals surface area (Å²) in [6, 6.07) is 6.66. The maximum atomic E-state index is 12.1. The van der Waals surface area contributed by atoms with Gasteiger partial charge in [0.05, 0.1) is 6.04 Å². The Balaban J connectivity index is 2.02. The topological polar surface area (TPSA) is 32.3 Å². The highest BCUT2D eigenvalue weighted by molar-refractivity contribution is 5.81. The average Bonchev–Trinajstić information content (AvgIpc) is 2.42. The van der Waals surface area contributed by atoms with Crippen molar-refractivity contribution in [3.05, 3.63) is 34.9 Å². The largest absolute Gasteiger partial charge is 0.347 e. The maximum absolute atomic E-state index is 12.1. The number of likely N-dealkylation sites (N-methyl/N-ethyl adjacent to an activating group) is 1. The van der Waals surface area contributed by atoms with E-state index in [0.717, 1.165) is 25.8 Å². The second-order valence-corrected chi connectivity index (χ2v) is 6.26. The molecule has 20 heavy (non-hydrogen) atoms. The van der Waals surface area contributed by atoms with Gasteiger partial charge in [0.25, 0.3) is 0 Å². The lowest BCUT2D eigenvalue weighted by Gasteiger charge is -2.31. The van der Waals surface area contributed by atoms with Crippen molar-refractivity contribution < 1.29 is 4.79 Å². The molecule has 3 heteroatoms. The molecule has 1 saturated heterocycles. The number of nitrogens with zero attached hydrogens (tertiary/aromatic N) is 1. The van der Waals surface area contributed by atoms with Gasteiger partial charge in [-0.3, -0.25) is 4.79 Å². The van der Waals surface area contributed by atoms with Gasteiger partial charge >= 0.3 is 0 Å². The summed E-state index contributed by atoms with van der Waals surface area (Å²) in [5.74, 6) is 0.807. The Kier molecular flexibility index (Phi) is 4.81. The van der Waals surface area contributed by atoms with Crippen molar-refractivity contribution in [1.29, 1.82) is 0 Å². The van der Waals surface area contributed by atoms with Crippen LogP contribution < -0.4 is 5.32 Å². The van der Waals surface area contributed by atoms with E-state index in [1.54, 1.807) is 4.90 Å². The van der Waals surface area contributed by atoms with E-state index < -0.39 is 0 Å². The summed E-state index contributed by atoms with van der Waals surface area (Å²) >= 11 is 0. The van der Waals surface area contributed by atoms with E-state index in [2.05, 4.69) is 37.4 Å². The molecule has 0 aliphatic carbocycles. The second-order valence-electron chi connectivity index (χ2n) is 6.26. The number of benzene rings is 1. The van der Waals surface area contributed by atoms with Crippen LogP contribution in [-0.2, 0) is 11.2 Å². The predicted octanol–water partition coefficient (Wildman–Crippen LogP) is 2.30. The Morgan fingerprint density at radius 2 is 2.10 bits per heavy atom. The Morgan fingerprint density at radius 1 is 1.35 bits per heavy atom. The summed E-state index contributed by atoms with van der Waals surface area (Å²) < 4.78 is 0. The van der Waals surface area contributed by atoms with Crippen molar-refractivity contribution in [3.8, 4) is 0 Å². The summed E-state index contributed by atoms with van der Waals surface area (Å²) in [5.41, 5.74) is 4.12. The lowest BCUT2D eigenvalue weighted by atomic mass is 9.85. The zero-order chi connectivity index (χ0) is 14.7. The molecule has 0 saturated carbocycles. The molecule has 1 fully saturated rings. The van der Waals surface area contributed by atoms with Gasteiger partial charge in [0, 0.05) is 14.1 Å². The summed E-state index contributed by atoms with van der Waals surface area (Å²) in [6.45, 7) is 5.27. The fraction of sp³-hybridized carbons (Fsp3) is 0.588. The lowest BCUT2D eigenvalue weighted by molar-refractivity contribution is -0.131. The normalized spacial score (nSPS) is 22.6. The van der Waals surface area contributed by atoms with Crippen LogP contribution in [0.2, 0.25) is 0 Å². The van der Waals surface area contributed by atoms with Gasteiger partial charge in [0.15, 0.2) is 0 Å². The zero-order valence-corrected chi connectivity index (χ0v) is 13.1. The first-order valence-corrected chi connectivity index (χ1v) is 7.48. The van der Waals surface area contributed by atoms with Gasteiger partial charge in [-0.05, 0) is 56.7 Å². The highest BCUT2D eigenvalue weighted by Crippen LogP contribution is 2.24. The summed E-state index contributed by atoms with van der Waals surface area (Å²) in [4.78, 5) is 13.8. The number of carbonyl (C=O) groups excluding carboxylic acids is 1. The van der Waals surface area contributed by atoms with Gasteiger partial charge in [-0.25, -0.2) is 0 Å². The Labute approximate surface area is 122 Å². The van der Waals surface area contributed by atoms with Gasteiger partial charge in [0.2, 0.25) is 5.91 Å². The van der Waals surface area contributed by atoms with E-state index in [9.17, 15) is 4.79 Å². The van der Waals surface area contributed by atoms with E-state index in [1.165, 1.54) is 16.7 Å². The molecule has 3 nitrogen and oxygen atoms in total. The Hall–Kier alpha value is -1.35. The highest BCUT2D eigenvalue weighted by atomic mass is 16.2. The molecule has 1 aromatic rings. The van der Waals surface area contributed by atoms with Crippen LogP contribution in [0.15, 0.2) is 18.2 Å². The number of amides is 1. The minimum Gasteiger partial charge on any atom is -0.347 e. The SMILES string of the molecule is Cc1ccc(C)c(CC2CCNC(C(=O)N(C)C)C2)c1. The Morgan fingerprint density at radius 3 is 2.80 bits per heavy atom. The molecule has 1 aliphatic heterocycles. The first-order valence-electron chi connectivity index (χ1n) is 7.48. The lowest BCUT2D eigenvalue weighted by Crippen LogP contribution is -2.48. The van der Waals surface area contributed by atoms with Crippen molar-refractivity contribution in [2.45, 2.75) is 39.2 Å². The van der Waals surface area contributed by atoms with Crippen molar-refractivity contribution in [2.24, 2.45) is 5.92 Å². The molecule has 2 atom stereocenters. The quantitative estimate of drug-likeness (QED) is 0.917. The van der Waals surface area contributed by atoms with E-state index in [0.29, 0.717) is 5.92 Å². The third-order valence-electron chi connectivity index (χ3n) is 4.26. The van der Waals surface area contributed by atoms with Gasteiger partial charge in [-0.2, -0.15) is 0 Å². The molecule has 0 bridgehead atoms. The molecule has 2 rings (SSSR count). The smallest absolute Gasteiger partial charge is 0.239 e. The monoisotopic (exact) mass is 274 g/mol. The fourth-order valence-corrected chi connectivity index (χ4v) is 3.01. The highest BCUT2D eigenvalue weighted by Gasteiger charge is 2.28. The molecule has 1 amide bonds. The number of piperidine rings is 1. The first-order chi connectivity index (χ1) is 9.47. The molecule has 1 aromatic carbocycles. The van der Waals surface area contributed by atoms with Gasteiger partial charge in [-0.1, -0.05) is 23.8 Å². The minimum atomic E-state index is -0.00568. The summed E-state index contributed by atoms with van der Waals surface area (Å²) in [7, 11) is 3.66.